The van der Waals surface area contributed by atoms with Crippen LogP contribution in [0, 0.1) is 25.0 Å². The van der Waals surface area contributed by atoms with Gasteiger partial charge in [-0.1, -0.05) is 0 Å². The molecule has 0 aliphatic heterocycles. The predicted octanol–water partition coefficient (Wildman–Crippen LogP) is 1.83. The van der Waals surface area contributed by atoms with Crippen molar-refractivity contribution in [1.82, 2.24) is 0 Å². The molecule has 1 N–H and O–H groups in total. The summed E-state index contributed by atoms with van der Waals surface area (Å²) in [5.41, 5.74) is -0.0698. The first kappa shape index (κ1) is 13.7. The molecule has 0 aromatic heterocycles. The summed E-state index contributed by atoms with van der Waals surface area (Å²) in [6, 6.07) is 4.48. The van der Waals surface area contributed by atoms with Crippen molar-refractivity contribution in [2.45, 2.75) is 13.0 Å². The lowest BCUT2D eigenvalue weighted by Gasteiger charge is -2.10. The molecule has 0 aliphatic rings. The zero-order valence-corrected chi connectivity index (χ0v) is 11.0. The van der Waals surface area contributed by atoms with Crippen LogP contribution in [0.25, 0.3) is 0 Å². The number of halogens is 1. The van der Waals surface area contributed by atoms with Crippen LogP contribution >= 0.6 is 22.6 Å². The standard InChI is InChI=1S/C10H9IN2O4/c1-6(14)5-17-10-8(11)2-7(4-12)3-9(10)13(15)16/h2-3,6,14H,5H2,1H3/t6-/m1/s1. The number of aliphatic hydroxyl groups excluding tert-OH is 1. The lowest BCUT2D eigenvalue weighted by atomic mass is 10.2. The number of benzene rings is 1. The number of nitriles is 1. The van der Waals surface area contributed by atoms with Crippen molar-refractivity contribution in [3.63, 3.8) is 0 Å². The van der Waals surface area contributed by atoms with Crippen molar-refractivity contribution in [3.05, 3.63) is 31.4 Å². The summed E-state index contributed by atoms with van der Waals surface area (Å²) in [6.45, 7) is 1.48. The van der Waals surface area contributed by atoms with Crippen LogP contribution in [-0.2, 0) is 0 Å². The van der Waals surface area contributed by atoms with Gasteiger partial charge < -0.3 is 9.84 Å². The zero-order chi connectivity index (χ0) is 13.0. The van der Waals surface area contributed by atoms with E-state index in [2.05, 4.69) is 0 Å². The molecule has 0 spiro atoms. The fraction of sp³-hybridized carbons (Fsp3) is 0.300. The molecule has 0 aliphatic carbocycles. The third-order valence-electron chi connectivity index (χ3n) is 1.82. The van der Waals surface area contributed by atoms with Crippen LogP contribution in [0.2, 0.25) is 0 Å². The highest BCUT2D eigenvalue weighted by Gasteiger charge is 2.20. The molecule has 17 heavy (non-hydrogen) atoms. The molecule has 1 rings (SSSR count). The SMILES string of the molecule is C[C@@H](O)COc1c(I)cc(C#N)cc1[N+](=O)[O-]. The Hall–Kier alpha value is -1.40. The Morgan fingerprint density at radius 3 is 2.82 bits per heavy atom. The first-order valence-electron chi connectivity index (χ1n) is 4.64. The van der Waals surface area contributed by atoms with Gasteiger partial charge in [-0.05, 0) is 35.6 Å². The minimum atomic E-state index is -0.721. The van der Waals surface area contributed by atoms with Gasteiger partial charge in [-0.3, -0.25) is 10.1 Å². The molecule has 0 bridgehead atoms. The molecule has 0 heterocycles. The highest BCUT2D eigenvalue weighted by Crippen LogP contribution is 2.33. The molecule has 0 saturated heterocycles. The number of nitro groups is 1. The Balaban J connectivity index is 3.18. The third kappa shape index (κ3) is 3.54. The monoisotopic (exact) mass is 348 g/mol. The quantitative estimate of drug-likeness (QED) is 0.509. The lowest BCUT2D eigenvalue weighted by Crippen LogP contribution is -2.14. The van der Waals surface area contributed by atoms with Crippen molar-refractivity contribution in [1.29, 1.82) is 5.26 Å². The van der Waals surface area contributed by atoms with E-state index in [-0.39, 0.29) is 23.6 Å². The zero-order valence-electron chi connectivity index (χ0n) is 8.88. The topological polar surface area (TPSA) is 96.4 Å². The summed E-state index contributed by atoms with van der Waals surface area (Å²) in [7, 11) is 0. The van der Waals surface area contributed by atoms with Crippen LogP contribution in [0.15, 0.2) is 12.1 Å². The maximum atomic E-state index is 10.8. The Kier molecular flexibility index (Phi) is 4.65. The van der Waals surface area contributed by atoms with Gasteiger partial charge in [-0.15, -0.1) is 0 Å². The predicted molar refractivity (Wildman–Crippen MR) is 67.7 cm³/mol. The fourth-order valence-electron chi connectivity index (χ4n) is 1.13. The second-order valence-corrected chi connectivity index (χ2v) is 4.50. The molecule has 6 nitrogen and oxygen atoms in total. The molecule has 0 amide bonds. The Labute approximate surface area is 111 Å². The average Bonchev–Trinajstić information content (AvgIpc) is 2.25. The van der Waals surface area contributed by atoms with E-state index in [1.807, 2.05) is 28.7 Å². The Morgan fingerprint density at radius 2 is 2.35 bits per heavy atom. The normalized spacial score (nSPS) is 11.6. The lowest BCUT2D eigenvalue weighted by molar-refractivity contribution is -0.386. The third-order valence-corrected chi connectivity index (χ3v) is 2.62. The van der Waals surface area contributed by atoms with E-state index in [4.69, 9.17) is 15.1 Å². The summed E-state index contributed by atoms with van der Waals surface area (Å²) >= 11 is 1.85. The number of aliphatic hydroxyl groups is 1. The smallest absolute Gasteiger partial charge is 0.313 e. The van der Waals surface area contributed by atoms with Crippen LogP contribution in [-0.4, -0.2) is 22.7 Å². The summed E-state index contributed by atoms with van der Waals surface area (Å²) < 4.78 is 5.65. The molecule has 0 unspecified atom stereocenters. The molecule has 0 radical (unpaired) electrons. The fourth-order valence-corrected chi connectivity index (χ4v) is 1.89. The van der Waals surface area contributed by atoms with Crippen molar-refractivity contribution in [2.75, 3.05) is 6.61 Å². The number of hydrogen-bond donors (Lipinski definition) is 1. The van der Waals surface area contributed by atoms with Crippen LogP contribution < -0.4 is 4.74 Å². The molecule has 1 aromatic carbocycles. The van der Waals surface area contributed by atoms with Gasteiger partial charge in [0, 0.05) is 6.07 Å². The molecule has 1 aromatic rings. The number of nitro benzene ring substituents is 1. The minimum absolute atomic E-state index is 0.0389. The minimum Gasteiger partial charge on any atom is -0.483 e. The summed E-state index contributed by atoms with van der Waals surface area (Å²) in [4.78, 5) is 10.2. The van der Waals surface area contributed by atoms with Crippen LogP contribution in [0.4, 0.5) is 5.69 Å². The van der Waals surface area contributed by atoms with Gasteiger partial charge >= 0.3 is 5.69 Å². The van der Waals surface area contributed by atoms with Crippen LogP contribution in [0.1, 0.15) is 12.5 Å². The van der Waals surface area contributed by atoms with E-state index in [9.17, 15) is 10.1 Å². The van der Waals surface area contributed by atoms with Gasteiger partial charge in [0.2, 0.25) is 5.75 Å². The first-order chi connectivity index (χ1) is 7.95. The van der Waals surface area contributed by atoms with E-state index in [0.717, 1.165) is 6.07 Å². The number of hydrogen-bond acceptors (Lipinski definition) is 5. The van der Waals surface area contributed by atoms with E-state index >= 15 is 0 Å². The van der Waals surface area contributed by atoms with Crippen molar-refractivity contribution in [3.8, 4) is 11.8 Å². The number of rotatable bonds is 4. The van der Waals surface area contributed by atoms with E-state index in [0.29, 0.717) is 3.57 Å². The second-order valence-electron chi connectivity index (χ2n) is 3.34. The maximum absolute atomic E-state index is 10.8. The van der Waals surface area contributed by atoms with E-state index in [1.54, 1.807) is 0 Å². The molecule has 0 saturated carbocycles. The molecule has 0 fully saturated rings. The van der Waals surface area contributed by atoms with Crippen LogP contribution in [0.3, 0.4) is 0 Å². The van der Waals surface area contributed by atoms with Crippen LogP contribution in [0.5, 0.6) is 5.75 Å². The van der Waals surface area contributed by atoms with Crippen molar-refractivity contribution >= 4 is 28.3 Å². The van der Waals surface area contributed by atoms with Crippen molar-refractivity contribution < 1.29 is 14.8 Å². The van der Waals surface area contributed by atoms with E-state index in [1.165, 1.54) is 13.0 Å². The number of ether oxygens (including phenoxy) is 1. The van der Waals surface area contributed by atoms with Gasteiger partial charge in [0.25, 0.3) is 0 Å². The first-order valence-corrected chi connectivity index (χ1v) is 5.72. The molecule has 90 valence electrons. The molecular weight excluding hydrogens is 339 g/mol. The van der Waals surface area contributed by atoms with Gasteiger partial charge in [0.1, 0.15) is 6.61 Å². The molecular formula is C10H9IN2O4. The molecule has 1 atom stereocenters. The average molecular weight is 348 g/mol. The number of nitrogens with zero attached hydrogens (tertiary/aromatic N) is 2. The van der Waals surface area contributed by atoms with E-state index < -0.39 is 11.0 Å². The van der Waals surface area contributed by atoms with Gasteiger partial charge in [-0.25, -0.2) is 0 Å². The second kappa shape index (κ2) is 5.79. The molecule has 7 heteroatoms. The highest BCUT2D eigenvalue weighted by atomic mass is 127. The Morgan fingerprint density at radius 1 is 1.71 bits per heavy atom. The summed E-state index contributed by atoms with van der Waals surface area (Å²) in [6.07, 6.45) is -0.721. The van der Waals surface area contributed by atoms with Crippen molar-refractivity contribution in [2.24, 2.45) is 0 Å². The summed E-state index contributed by atoms with van der Waals surface area (Å²) in [5.74, 6) is 0.0792. The van der Waals surface area contributed by atoms with Gasteiger partial charge in [-0.2, -0.15) is 5.26 Å². The summed E-state index contributed by atoms with van der Waals surface area (Å²) in [5, 5.41) is 28.6. The van der Waals surface area contributed by atoms with Gasteiger partial charge in [0.15, 0.2) is 0 Å². The highest BCUT2D eigenvalue weighted by molar-refractivity contribution is 14.1. The Bertz CT molecular complexity index is 482. The maximum Gasteiger partial charge on any atom is 0.313 e. The van der Waals surface area contributed by atoms with Gasteiger partial charge in [0.05, 0.1) is 26.2 Å². The largest absolute Gasteiger partial charge is 0.483 e.